The summed E-state index contributed by atoms with van der Waals surface area (Å²) in [5, 5.41) is 22.0. The lowest BCUT2D eigenvalue weighted by Gasteiger charge is -2.35. The van der Waals surface area contributed by atoms with E-state index in [-0.39, 0.29) is 117 Å². The zero-order valence-corrected chi connectivity index (χ0v) is 49.1. The number of anilines is 3. The minimum absolute atomic E-state index is 0.0459. The molecule has 6 rings (SSSR count). The van der Waals surface area contributed by atoms with Gasteiger partial charge in [-0.3, -0.25) is 33.3 Å². The van der Waals surface area contributed by atoms with E-state index < -0.39 is 57.2 Å². The molecule has 2 aromatic heterocycles. The van der Waals surface area contributed by atoms with Gasteiger partial charge in [-0.2, -0.15) is 0 Å². The maximum Gasteiger partial charge on any atom is 0.262 e. The fourth-order valence-electron chi connectivity index (χ4n) is 8.53. The summed E-state index contributed by atoms with van der Waals surface area (Å²) in [7, 11) is -2.68. The summed E-state index contributed by atoms with van der Waals surface area (Å²) in [5.41, 5.74) is 4.68. The predicted octanol–water partition coefficient (Wildman–Crippen LogP) is 5.90. The summed E-state index contributed by atoms with van der Waals surface area (Å²) in [4.78, 5) is 72.6. The molecular formula is C55H70FIN8O12S2. The van der Waals surface area contributed by atoms with E-state index >= 15 is 0 Å². The Hall–Kier alpha value is -5.87. The molecule has 1 aliphatic rings. The zero-order valence-electron chi connectivity index (χ0n) is 45.4. The Balaban J connectivity index is 0.803. The number of carbonyl (C=O) groups is 4. The number of likely N-dealkylation sites (tertiary alicyclic amines) is 1. The van der Waals surface area contributed by atoms with Crippen molar-refractivity contribution in [2.75, 3.05) is 76.0 Å². The van der Waals surface area contributed by atoms with Crippen LogP contribution in [0.15, 0.2) is 88.0 Å². The molecule has 1 fully saturated rings. The lowest BCUT2D eigenvalue weighted by atomic mass is 9.85. The molecule has 4 unspecified atom stereocenters. The average Bonchev–Trinajstić information content (AvgIpc) is 4.12. The summed E-state index contributed by atoms with van der Waals surface area (Å²) >= 11 is 3.53. The highest BCUT2D eigenvalue weighted by atomic mass is 127. The van der Waals surface area contributed by atoms with Crippen LogP contribution in [0.1, 0.15) is 69.0 Å². The highest BCUT2D eigenvalue weighted by molar-refractivity contribution is 14.1. The lowest BCUT2D eigenvalue weighted by Crippen LogP contribution is -2.58. The van der Waals surface area contributed by atoms with Crippen LogP contribution in [0.5, 0.6) is 0 Å². The van der Waals surface area contributed by atoms with Gasteiger partial charge in [-0.25, -0.2) is 17.8 Å². The number of nitrogens with zero attached hydrogens (tertiary/aromatic N) is 3. The third kappa shape index (κ3) is 18.1. The van der Waals surface area contributed by atoms with Crippen LogP contribution in [0.3, 0.4) is 0 Å². The maximum atomic E-state index is 14.7. The number of ether oxygens (including phenoxy) is 4. The smallest absolute Gasteiger partial charge is 0.262 e. The molecule has 0 bridgehead atoms. The van der Waals surface area contributed by atoms with Gasteiger partial charge >= 0.3 is 0 Å². The summed E-state index contributed by atoms with van der Waals surface area (Å²) in [6.45, 7) is 12.4. The standard InChI is InChI=1S/C55H70FIN8O12S2/c1-34-28-45(51(64(7)53(34)70)61-44-18-15-40(57)29-43(44)56)63-79(72,73)42-16-8-37(9-17-42)10-19-47(67)58-20-21-74-22-23-75-24-25-76-26-27-77-32-48(68)62-50(55(4,5)6)54(71)65-31-41(66)30-46(65)52(69)60-35(2)38-11-13-39(14-12-38)49-36(3)59-33-78-49/h8-9,11-18,28-29,33,35,41,46,50,61,63,66H,10,19-27,30-32H2,1-7H3,(H,58,67)(H,60,69)(H,62,68). The summed E-state index contributed by atoms with van der Waals surface area (Å²) in [6.07, 6.45) is -0.319. The maximum absolute atomic E-state index is 14.7. The van der Waals surface area contributed by atoms with Crippen LogP contribution in [-0.2, 0) is 61.6 Å². The molecule has 0 spiro atoms. The molecule has 0 radical (unpaired) electrons. The third-order valence-electron chi connectivity index (χ3n) is 12.9. The molecule has 1 aliphatic heterocycles. The SMILES string of the molecule is Cc1ncsc1-c1ccc(C(C)NC(=O)C2CC(O)CN2C(=O)C(NC(=O)COCCOCCOCCOCCNC(=O)CCc2ccc(S(=O)(=O)Nc3cc(C)c(=O)n(C)c3Nc3ccc(I)cc3F)cc2)C(C)(C)C)cc1. The molecule has 4 amide bonds. The molecule has 20 nitrogen and oxygen atoms in total. The van der Waals surface area contributed by atoms with Crippen LogP contribution in [0.4, 0.5) is 21.6 Å². The van der Waals surface area contributed by atoms with Crippen LogP contribution in [0.25, 0.3) is 10.4 Å². The molecule has 428 valence electrons. The third-order valence-corrected chi connectivity index (χ3v) is 15.9. The van der Waals surface area contributed by atoms with Gasteiger partial charge in [-0.15, -0.1) is 11.3 Å². The second kappa shape index (κ2) is 29.0. The molecule has 5 aromatic rings. The van der Waals surface area contributed by atoms with E-state index in [4.69, 9.17) is 18.9 Å². The molecule has 3 aromatic carbocycles. The van der Waals surface area contributed by atoms with Crippen molar-refractivity contribution >= 4 is 84.8 Å². The van der Waals surface area contributed by atoms with Crippen molar-refractivity contribution in [3.05, 3.63) is 120 Å². The van der Waals surface area contributed by atoms with E-state index in [9.17, 15) is 41.9 Å². The topological polar surface area (TPSA) is 258 Å². The first kappa shape index (κ1) is 62.3. The van der Waals surface area contributed by atoms with Gasteiger partial charge in [0, 0.05) is 42.1 Å². The lowest BCUT2D eigenvalue weighted by molar-refractivity contribution is -0.144. The fourth-order valence-corrected chi connectivity index (χ4v) is 10.9. The van der Waals surface area contributed by atoms with Crippen molar-refractivity contribution in [1.82, 2.24) is 30.4 Å². The number of nitrogens with one attached hydrogen (secondary N) is 5. The second-order valence-corrected chi connectivity index (χ2v) is 23.9. The highest BCUT2D eigenvalue weighted by Crippen LogP contribution is 2.32. The minimum atomic E-state index is -4.14. The van der Waals surface area contributed by atoms with Crippen molar-refractivity contribution in [1.29, 1.82) is 0 Å². The number of rotatable bonds is 28. The van der Waals surface area contributed by atoms with Crippen molar-refractivity contribution < 1.29 is 56.0 Å². The number of aromatic nitrogens is 2. The molecule has 24 heteroatoms. The number of aliphatic hydroxyl groups is 1. The quantitative estimate of drug-likeness (QED) is 0.0252. The largest absolute Gasteiger partial charge is 0.391 e. The zero-order chi connectivity index (χ0) is 57.4. The number of hydrogen-bond acceptors (Lipinski definition) is 15. The van der Waals surface area contributed by atoms with E-state index in [1.165, 1.54) is 46.8 Å². The Morgan fingerprint density at radius 3 is 2.14 bits per heavy atom. The fraction of sp³-hybridized carbons (Fsp3) is 0.455. The first-order valence-electron chi connectivity index (χ1n) is 25.7. The number of hydrogen-bond donors (Lipinski definition) is 6. The van der Waals surface area contributed by atoms with Crippen molar-refractivity contribution in [3.8, 4) is 10.4 Å². The highest BCUT2D eigenvalue weighted by Gasteiger charge is 2.44. The van der Waals surface area contributed by atoms with Crippen molar-refractivity contribution in [3.63, 3.8) is 0 Å². The minimum Gasteiger partial charge on any atom is -0.391 e. The molecular weight excluding hydrogens is 1170 g/mol. The van der Waals surface area contributed by atoms with E-state index in [0.717, 1.165) is 27.3 Å². The summed E-state index contributed by atoms with van der Waals surface area (Å²) in [6, 6.07) is 17.5. The van der Waals surface area contributed by atoms with E-state index in [1.54, 1.807) is 42.0 Å². The number of pyridine rings is 1. The number of benzene rings is 3. The van der Waals surface area contributed by atoms with Gasteiger partial charge < -0.3 is 50.2 Å². The Labute approximate surface area is 477 Å². The molecule has 0 aliphatic carbocycles. The Morgan fingerprint density at radius 2 is 1.52 bits per heavy atom. The number of sulfonamides is 1. The Bertz CT molecular complexity index is 3060. The Kier molecular flexibility index (Phi) is 22.9. The molecule has 3 heterocycles. The average molecular weight is 1250 g/mol. The number of carbonyl (C=O) groups excluding carboxylic acids is 4. The van der Waals surface area contributed by atoms with Gasteiger partial charge in [-0.05, 0) is 108 Å². The first-order chi connectivity index (χ1) is 37.5. The number of β-amino-alcohol motifs (C(OH)–C–C–N with tert-alkyl or cyclic N) is 1. The van der Waals surface area contributed by atoms with Crippen molar-refractivity contribution in [2.45, 2.75) is 89.9 Å². The molecule has 6 N–H and O–H groups in total. The van der Waals surface area contributed by atoms with Gasteiger partial charge in [0.2, 0.25) is 23.6 Å². The van der Waals surface area contributed by atoms with Crippen LogP contribution in [0.2, 0.25) is 0 Å². The van der Waals surface area contributed by atoms with Crippen molar-refractivity contribution in [2.24, 2.45) is 12.5 Å². The predicted molar refractivity (Wildman–Crippen MR) is 307 cm³/mol. The van der Waals surface area contributed by atoms with Crippen LogP contribution < -0.4 is 31.5 Å². The number of halogens is 2. The molecule has 4 atom stereocenters. The van der Waals surface area contributed by atoms with Gasteiger partial charge in [0.05, 0.1) is 90.7 Å². The van der Waals surface area contributed by atoms with E-state index in [0.29, 0.717) is 16.6 Å². The number of aryl methyl sites for hydroxylation is 3. The number of thiazole rings is 1. The van der Waals surface area contributed by atoms with Gasteiger partial charge in [0.1, 0.15) is 30.3 Å². The van der Waals surface area contributed by atoms with Crippen LogP contribution in [-0.4, -0.2) is 136 Å². The number of aliphatic hydroxyl groups excluding tert-OH is 1. The van der Waals surface area contributed by atoms with E-state index in [1.807, 2.05) is 81.5 Å². The first-order valence-corrected chi connectivity index (χ1v) is 29.2. The molecule has 0 saturated carbocycles. The molecule has 79 heavy (non-hydrogen) atoms. The molecule has 1 saturated heterocycles. The number of amides is 4. The summed E-state index contributed by atoms with van der Waals surface area (Å²) < 4.78 is 68.2. The van der Waals surface area contributed by atoms with Gasteiger partial charge in [0.25, 0.3) is 15.6 Å². The monoisotopic (exact) mass is 1240 g/mol. The van der Waals surface area contributed by atoms with Crippen LogP contribution in [0, 0.1) is 28.6 Å². The Morgan fingerprint density at radius 1 is 0.873 bits per heavy atom. The normalized spacial score (nSPS) is 15.3. The van der Waals surface area contributed by atoms with Gasteiger partial charge in [-0.1, -0.05) is 57.2 Å². The second-order valence-electron chi connectivity index (χ2n) is 20.1. The van der Waals surface area contributed by atoms with E-state index in [2.05, 4.69) is 31.0 Å². The van der Waals surface area contributed by atoms with Gasteiger partial charge in [0.15, 0.2) is 0 Å². The summed E-state index contributed by atoms with van der Waals surface area (Å²) in [5.74, 6) is -2.11. The van der Waals surface area contributed by atoms with Crippen LogP contribution >= 0.6 is 33.9 Å².